The number of nitro benzene ring substituents is 1. The normalized spacial score (nSPS) is 11.2. The van der Waals surface area contributed by atoms with Gasteiger partial charge in [0.1, 0.15) is 4.90 Å². The van der Waals surface area contributed by atoms with E-state index in [-0.39, 0.29) is 22.1 Å². The summed E-state index contributed by atoms with van der Waals surface area (Å²) in [5.41, 5.74) is 3.21. The molecule has 2 aromatic carbocycles. The number of methoxy groups -OCH3 is 2. The van der Waals surface area contributed by atoms with Gasteiger partial charge in [-0.15, -0.1) is 0 Å². The molecule has 0 unspecified atom stereocenters. The van der Waals surface area contributed by atoms with Crippen molar-refractivity contribution < 1.29 is 27.0 Å². The number of nitrogens with one attached hydrogen (secondary N) is 2. The zero-order valence-electron chi connectivity index (χ0n) is 17.5. The van der Waals surface area contributed by atoms with Crippen LogP contribution in [0.25, 0.3) is 0 Å². The second-order valence-electron chi connectivity index (χ2n) is 6.27. The molecule has 0 atom stereocenters. The van der Waals surface area contributed by atoms with Crippen LogP contribution >= 0.6 is 12.2 Å². The van der Waals surface area contributed by atoms with Crippen LogP contribution in [0.3, 0.4) is 0 Å². The highest BCUT2D eigenvalue weighted by atomic mass is 32.2. The van der Waals surface area contributed by atoms with Crippen LogP contribution in [0.4, 0.5) is 5.69 Å². The number of aryl methyl sites for hydroxylation is 1. The molecule has 2 aromatic rings. The Bertz CT molecular complexity index is 1120. The third-order valence-electron chi connectivity index (χ3n) is 4.02. The van der Waals surface area contributed by atoms with Gasteiger partial charge in [0.05, 0.1) is 24.9 Å². The zero-order valence-corrected chi connectivity index (χ0v) is 19.2. The van der Waals surface area contributed by atoms with Crippen LogP contribution in [0, 0.1) is 17.0 Å². The Labute approximate surface area is 190 Å². The molecular weight excluding hydrogens is 460 g/mol. The molecule has 0 heterocycles. The molecular formula is C19H22N4O7S2. The predicted octanol–water partition coefficient (Wildman–Crippen LogP) is 2.12. The topological polar surface area (TPSA) is 141 Å². The molecule has 32 heavy (non-hydrogen) atoms. The second kappa shape index (κ2) is 11.4. The fourth-order valence-corrected chi connectivity index (χ4v) is 3.53. The Morgan fingerprint density at radius 3 is 2.62 bits per heavy atom. The van der Waals surface area contributed by atoms with Gasteiger partial charge in [0.25, 0.3) is 5.69 Å². The van der Waals surface area contributed by atoms with Crippen LogP contribution in [-0.2, 0) is 14.9 Å². The molecule has 0 aliphatic carbocycles. The number of nitro groups is 1. The zero-order chi connectivity index (χ0) is 23.7. The highest BCUT2D eigenvalue weighted by Crippen LogP contribution is 2.31. The van der Waals surface area contributed by atoms with Gasteiger partial charge in [-0.1, -0.05) is 6.07 Å². The van der Waals surface area contributed by atoms with Crippen LogP contribution in [-0.4, -0.2) is 52.0 Å². The third kappa shape index (κ3) is 6.87. The van der Waals surface area contributed by atoms with Gasteiger partial charge in [0.2, 0.25) is 0 Å². The van der Waals surface area contributed by atoms with Crippen LogP contribution in [0.2, 0.25) is 0 Å². The van der Waals surface area contributed by atoms with E-state index in [2.05, 4.69) is 15.8 Å². The monoisotopic (exact) mass is 482 g/mol. The van der Waals surface area contributed by atoms with Crippen molar-refractivity contribution in [3.63, 3.8) is 0 Å². The Morgan fingerprint density at radius 2 is 1.97 bits per heavy atom. The molecule has 0 spiro atoms. The average Bonchev–Trinajstić information content (AvgIpc) is 2.74. The van der Waals surface area contributed by atoms with Gasteiger partial charge in [-0.25, -0.2) is 0 Å². The van der Waals surface area contributed by atoms with Crippen molar-refractivity contribution in [3.05, 3.63) is 57.6 Å². The standard InChI is InChI=1S/C19H22N4O7S2/c1-13-4-6-15(11-16(13)23(24)25)32(26,27)30-17-7-5-14(10-18(17)29-3)12-21-22-19(31)20-8-9-28-2/h4-7,10-12H,8-9H2,1-3H3,(H2,20,22,31). The summed E-state index contributed by atoms with van der Waals surface area (Å²) in [6.45, 7) is 2.52. The second-order valence-corrected chi connectivity index (χ2v) is 8.23. The number of thiocarbonyl (C=S) groups is 1. The van der Waals surface area contributed by atoms with E-state index in [1.807, 2.05) is 0 Å². The molecule has 0 aromatic heterocycles. The molecule has 0 aliphatic heterocycles. The van der Waals surface area contributed by atoms with Crippen LogP contribution in [0.15, 0.2) is 46.4 Å². The van der Waals surface area contributed by atoms with Gasteiger partial charge in [0.15, 0.2) is 16.6 Å². The van der Waals surface area contributed by atoms with Gasteiger partial charge >= 0.3 is 10.1 Å². The number of ether oxygens (including phenoxy) is 2. The summed E-state index contributed by atoms with van der Waals surface area (Å²) in [5, 5.41) is 18.3. The van der Waals surface area contributed by atoms with Crippen molar-refractivity contribution in [3.8, 4) is 11.5 Å². The summed E-state index contributed by atoms with van der Waals surface area (Å²) in [4.78, 5) is 10.1. The summed E-state index contributed by atoms with van der Waals surface area (Å²) in [6.07, 6.45) is 1.45. The number of hydrogen-bond acceptors (Lipinski definition) is 9. The Balaban J connectivity index is 2.16. The first-order chi connectivity index (χ1) is 15.2. The number of nitrogens with zero attached hydrogens (tertiary/aromatic N) is 2. The molecule has 11 nitrogen and oxygen atoms in total. The van der Waals surface area contributed by atoms with Gasteiger partial charge in [-0.2, -0.15) is 13.5 Å². The van der Waals surface area contributed by atoms with Gasteiger partial charge in [-0.05, 0) is 49.0 Å². The minimum Gasteiger partial charge on any atom is -0.493 e. The SMILES string of the molecule is COCCNC(=S)NN=Cc1ccc(OS(=O)(=O)c2ccc(C)c([N+](=O)[O-])c2)c(OC)c1. The van der Waals surface area contributed by atoms with Crippen LogP contribution in [0.1, 0.15) is 11.1 Å². The minimum absolute atomic E-state index is 0.0856. The van der Waals surface area contributed by atoms with E-state index < -0.39 is 15.0 Å². The predicted molar refractivity (Wildman–Crippen MR) is 122 cm³/mol. The highest BCUT2D eigenvalue weighted by molar-refractivity contribution is 7.87. The van der Waals surface area contributed by atoms with Crippen molar-refractivity contribution in [2.24, 2.45) is 5.10 Å². The maximum absolute atomic E-state index is 12.6. The maximum Gasteiger partial charge on any atom is 0.339 e. The van der Waals surface area contributed by atoms with Crippen molar-refractivity contribution in [1.82, 2.24) is 10.7 Å². The highest BCUT2D eigenvalue weighted by Gasteiger charge is 2.23. The Morgan fingerprint density at radius 1 is 1.22 bits per heavy atom. The molecule has 0 amide bonds. The molecule has 0 fully saturated rings. The lowest BCUT2D eigenvalue weighted by molar-refractivity contribution is -0.385. The summed E-state index contributed by atoms with van der Waals surface area (Å²) < 4.78 is 40.5. The molecule has 172 valence electrons. The summed E-state index contributed by atoms with van der Waals surface area (Å²) in [5.74, 6) is 0.0394. The largest absolute Gasteiger partial charge is 0.493 e. The molecule has 2 N–H and O–H groups in total. The summed E-state index contributed by atoms with van der Waals surface area (Å²) in [6, 6.07) is 7.97. The van der Waals surface area contributed by atoms with E-state index in [4.69, 9.17) is 25.9 Å². The fourth-order valence-electron chi connectivity index (χ4n) is 2.41. The fraction of sp³-hybridized carbons (Fsp3) is 0.263. The van der Waals surface area contributed by atoms with Crippen molar-refractivity contribution >= 4 is 39.4 Å². The Kier molecular flexibility index (Phi) is 8.87. The van der Waals surface area contributed by atoms with E-state index in [9.17, 15) is 18.5 Å². The minimum atomic E-state index is -4.34. The third-order valence-corrected chi connectivity index (χ3v) is 5.49. The van der Waals surface area contributed by atoms with E-state index in [1.165, 1.54) is 44.5 Å². The number of rotatable bonds is 10. The van der Waals surface area contributed by atoms with Crippen molar-refractivity contribution in [2.75, 3.05) is 27.4 Å². The van der Waals surface area contributed by atoms with Crippen molar-refractivity contribution in [1.29, 1.82) is 0 Å². The van der Waals surface area contributed by atoms with Crippen molar-refractivity contribution in [2.45, 2.75) is 11.8 Å². The van der Waals surface area contributed by atoms with E-state index in [0.29, 0.717) is 29.4 Å². The van der Waals surface area contributed by atoms with E-state index >= 15 is 0 Å². The first kappa shape index (κ1) is 25.0. The quantitative estimate of drug-likeness (QED) is 0.129. The average molecular weight is 483 g/mol. The molecule has 0 saturated carbocycles. The maximum atomic E-state index is 12.6. The summed E-state index contributed by atoms with van der Waals surface area (Å²) in [7, 11) is -1.41. The van der Waals surface area contributed by atoms with Gasteiger partial charge in [0, 0.05) is 25.3 Å². The lowest BCUT2D eigenvalue weighted by atomic mass is 10.2. The number of benzene rings is 2. The van der Waals surface area contributed by atoms with Gasteiger partial charge in [-0.3, -0.25) is 15.5 Å². The van der Waals surface area contributed by atoms with Gasteiger partial charge < -0.3 is 19.0 Å². The molecule has 0 bridgehead atoms. The first-order valence-corrected chi connectivity index (χ1v) is 10.9. The number of hydrazone groups is 1. The summed E-state index contributed by atoms with van der Waals surface area (Å²) >= 11 is 5.05. The lowest BCUT2D eigenvalue weighted by Gasteiger charge is -2.11. The molecule has 0 radical (unpaired) electrons. The molecule has 0 aliphatic rings. The smallest absolute Gasteiger partial charge is 0.339 e. The van der Waals surface area contributed by atoms with E-state index in [0.717, 1.165) is 6.07 Å². The molecule has 2 rings (SSSR count). The number of hydrogen-bond donors (Lipinski definition) is 2. The molecule has 13 heteroatoms. The first-order valence-electron chi connectivity index (χ1n) is 9.11. The van der Waals surface area contributed by atoms with Crippen LogP contribution < -0.4 is 19.7 Å². The Hall–Kier alpha value is -3.29. The van der Waals surface area contributed by atoms with Crippen LogP contribution in [0.5, 0.6) is 11.5 Å². The lowest BCUT2D eigenvalue weighted by Crippen LogP contribution is -2.34. The van der Waals surface area contributed by atoms with E-state index in [1.54, 1.807) is 13.2 Å². The molecule has 0 saturated heterocycles.